The molecule has 1 aromatic rings. The average Bonchev–Trinajstić information content (AvgIpc) is 2.47. The molecule has 0 saturated carbocycles. The van der Waals surface area contributed by atoms with E-state index in [0.717, 1.165) is 38.4 Å². The third-order valence-electron chi connectivity index (χ3n) is 4.03. The van der Waals surface area contributed by atoms with Gasteiger partial charge in [0.1, 0.15) is 5.69 Å². The Morgan fingerprint density at radius 3 is 2.65 bits per heavy atom. The number of aromatic carboxylic acids is 1. The van der Waals surface area contributed by atoms with Crippen LogP contribution in [0.1, 0.15) is 36.5 Å². The van der Waals surface area contributed by atoms with Gasteiger partial charge >= 0.3 is 5.97 Å². The molecule has 1 N–H and O–H groups in total. The zero-order chi connectivity index (χ0) is 14.5. The molecule has 0 radical (unpaired) electrons. The number of aromatic nitrogens is 1. The van der Waals surface area contributed by atoms with Gasteiger partial charge in [0.15, 0.2) is 0 Å². The predicted molar refractivity (Wildman–Crippen MR) is 77.8 cm³/mol. The Labute approximate surface area is 120 Å². The van der Waals surface area contributed by atoms with E-state index >= 15 is 0 Å². The lowest BCUT2D eigenvalue weighted by molar-refractivity contribution is 0.0689. The summed E-state index contributed by atoms with van der Waals surface area (Å²) in [5.41, 5.74) is 0.961. The number of hydrogen-bond donors (Lipinski definition) is 1. The summed E-state index contributed by atoms with van der Waals surface area (Å²) in [6.07, 6.45) is 1.18. The second-order valence-corrected chi connectivity index (χ2v) is 5.39. The predicted octanol–water partition coefficient (Wildman–Crippen LogP) is 1.70. The van der Waals surface area contributed by atoms with E-state index < -0.39 is 5.97 Å². The van der Waals surface area contributed by atoms with Gasteiger partial charge in [0.05, 0.1) is 5.69 Å². The molecule has 110 valence electrons. The molecule has 5 nitrogen and oxygen atoms in total. The topological polar surface area (TPSA) is 56.7 Å². The maximum atomic E-state index is 10.9. The molecule has 0 spiro atoms. The molecule has 5 heteroatoms. The van der Waals surface area contributed by atoms with Gasteiger partial charge in [0.2, 0.25) is 0 Å². The van der Waals surface area contributed by atoms with E-state index in [4.69, 9.17) is 5.11 Å². The Morgan fingerprint density at radius 2 is 2.05 bits per heavy atom. The van der Waals surface area contributed by atoms with Crippen LogP contribution in [0.2, 0.25) is 0 Å². The van der Waals surface area contributed by atoms with Crippen molar-refractivity contribution in [3.63, 3.8) is 0 Å². The van der Waals surface area contributed by atoms with Crippen LogP contribution >= 0.6 is 0 Å². The second kappa shape index (κ2) is 6.81. The third-order valence-corrected chi connectivity index (χ3v) is 4.03. The fourth-order valence-electron chi connectivity index (χ4n) is 2.54. The van der Waals surface area contributed by atoms with E-state index in [2.05, 4.69) is 28.6 Å². The molecule has 1 aromatic heterocycles. The first-order chi connectivity index (χ1) is 9.60. The SMILES string of the molecule is CCC(C)N1CCN(Cc2cccc(C(=O)O)n2)CC1. The van der Waals surface area contributed by atoms with Crippen LogP contribution in [0, 0.1) is 0 Å². The standard InChI is InChI=1S/C15H23N3O2/c1-3-12(2)18-9-7-17(8-10-18)11-13-5-4-6-14(16-13)15(19)20/h4-6,12H,3,7-11H2,1-2H3,(H,19,20). The number of carbonyl (C=O) groups is 1. The van der Waals surface area contributed by atoms with Gasteiger partial charge in [0.25, 0.3) is 0 Å². The van der Waals surface area contributed by atoms with Gasteiger partial charge in [-0.25, -0.2) is 9.78 Å². The highest BCUT2D eigenvalue weighted by atomic mass is 16.4. The van der Waals surface area contributed by atoms with E-state index in [9.17, 15) is 4.79 Å². The number of hydrogen-bond acceptors (Lipinski definition) is 4. The minimum atomic E-state index is -0.964. The Kier molecular flexibility index (Phi) is 5.09. The number of piperazine rings is 1. The van der Waals surface area contributed by atoms with Crippen molar-refractivity contribution in [2.45, 2.75) is 32.9 Å². The first-order valence-corrected chi connectivity index (χ1v) is 7.25. The van der Waals surface area contributed by atoms with Gasteiger partial charge in [-0.3, -0.25) is 9.80 Å². The van der Waals surface area contributed by atoms with Crippen molar-refractivity contribution in [3.8, 4) is 0 Å². The van der Waals surface area contributed by atoms with Gasteiger partial charge in [-0.2, -0.15) is 0 Å². The number of rotatable bonds is 5. The van der Waals surface area contributed by atoms with Gasteiger partial charge in [-0.05, 0) is 25.5 Å². The summed E-state index contributed by atoms with van der Waals surface area (Å²) < 4.78 is 0. The monoisotopic (exact) mass is 277 g/mol. The van der Waals surface area contributed by atoms with Crippen molar-refractivity contribution in [2.75, 3.05) is 26.2 Å². The summed E-state index contributed by atoms with van der Waals surface area (Å²) in [6.45, 7) is 9.41. The van der Waals surface area contributed by atoms with Crippen LogP contribution in [0.4, 0.5) is 0 Å². The molecule has 0 bridgehead atoms. The van der Waals surface area contributed by atoms with E-state index in [-0.39, 0.29) is 5.69 Å². The van der Waals surface area contributed by atoms with Crippen molar-refractivity contribution in [3.05, 3.63) is 29.6 Å². The summed E-state index contributed by atoms with van der Waals surface area (Å²) in [5, 5.41) is 8.96. The van der Waals surface area contributed by atoms with Gasteiger partial charge in [-0.1, -0.05) is 13.0 Å². The van der Waals surface area contributed by atoms with E-state index in [1.54, 1.807) is 6.07 Å². The first kappa shape index (κ1) is 14.9. The molecule has 1 atom stereocenters. The van der Waals surface area contributed by atoms with Crippen molar-refractivity contribution >= 4 is 5.97 Å². The molecule has 2 rings (SSSR count). The molecule has 0 amide bonds. The normalized spacial score (nSPS) is 18.9. The van der Waals surface area contributed by atoms with Crippen LogP contribution in [-0.4, -0.2) is 58.1 Å². The highest BCUT2D eigenvalue weighted by molar-refractivity contribution is 5.85. The molecular formula is C15H23N3O2. The van der Waals surface area contributed by atoms with Gasteiger partial charge in [-0.15, -0.1) is 0 Å². The zero-order valence-corrected chi connectivity index (χ0v) is 12.2. The average molecular weight is 277 g/mol. The fourth-order valence-corrected chi connectivity index (χ4v) is 2.54. The Bertz CT molecular complexity index is 456. The minimum absolute atomic E-state index is 0.126. The Balaban J connectivity index is 1.89. The second-order valence-electron chi connectivity index (χ2n) is 5.39. The van der Waals surface area contributed by atoms with Gasteiger partial charge < -0.3 is 5.11 Å². The van der Waals surface area contributed by atoms with Crippen molar-refractivity contribution in [2.24, 2.45) is 0 Å². The van der Waals surface area contributed by atoms with Crippen LogP contribution in [-0.2, 0) is 6.54 Å². The molecule has 0 aromatic carbocycles. The third kappa shape index (κ3) is 3.77. The number of nitrogens with zero attached hydrogens (tertiary/aromatic N) is 3. The number of carboxylic acids is 1. The molecule has 1 unspecified atom stereocenters. The molecule has 1 saturated heterocycles. The lowest BCUT2D eigenvalue weighted by Crippen LogP contribution is -2.49. The molecule has 1 aliphatic rings. The minimum Gasteiger partial charge on any atom is -0.477 e. The summed E-state index contributed by atoms with van der Waals surface area (Å²) in [7, 11) is 0. The van der Waals surface area contributed by atoms with E-state index in [1.165, 1.54) is 12.5 Å². The smallest absolute Gasteiger partial charge is 0.354 e. The van der Waals surface area contributed by atoms with E-state index in [1.807, 2.05) is 6.07 Å². The maximum absolute atomic E-state index is 10.9. The summed E-state index contributed by atoms with van der Waals surface area (Å²) in [4.78, 5) is 19.9. The van der Waals surface area contributed by atoms with Crippen LogP contribution in [0.15, 0.2) is 18.2 Å². The van der Waals surface area contributed by atoms with Crippen LogP contribution in [0.25, 0.3) is 0 Å². The summed E-state index contributed by atoms with van der Waals surface area (Å²) >= 11 is 0. The zero-order valence-electron chi connectivity index (χ0n) is 12.2. The maximum Gasteiger partial charge on any atom is 0.354 e. The van der Waals surface area contributed by atoms with Gasteiger partial charge in [0, 0.05) is 38.8 Å². The van der Waals surface area contributed by atoms with Crippen molar-refractivity contribution in [1.29, 1.82) is 0 Å². The van der Waals surface area contributed by atoms with Crippen molar-refractivity contribution < 1.29 is 9.90 Å². The first-order valence-electron chi connectivity index (χ1n) is 7.25. The molecular weight excluding hydrogens is 254 g/mol. The Hall–Kier alpha value is -1.46. The van der Waals surface area contributed by atoms with E-state index in [0.29, 0.717) is 6.04 Å². The van der Waals surface area contributed by atoms with Crippen molar-refractivity contribution in [1.82, 2.24) is 14.8 Å². The molecule has 0 aliphatic carbocycles. The van der Waals surface area contributed by atoms with Crippen LogP contribution in [0.5, 0.6) is 0 Å². The highest BCUT2D eigenvalue weighted by Crippen LogP contribution is 2.11. The number of carboxylic acid groups (broad SMARTS) is 1. The Morgan fingerprint density at radius 1 is 1.35 bits per heavy atom. The highest BCUT2D eigenvalue weighted by Gasteiger charge is 2.20. The van der Waals surface area contributed by atoms with Crippen LogP contribution in [0.3, 0.4) is 0 Å². The quantitative estimate of drug-likeness (QED) is 0.887. The number of pyridine rings is 1. The summed E-state index contributed by atoms with van der Waals surface area (Å²) in [6, 6.07) is 5.84. The lowest BCUT2D eigenvalue weighted by atomic mass is 10.2. The molecule has 1 fully saturated rings. The molecule has 1 aliphatic heterocycles. The molecule has 20 heavy (non-hydrogen) atoms. The summed E-state index contributed by atoms with van der Waals surface area (Å²) in [5.74, 6) is -0.964. The van der Waals surface area contributed by atoms with Crippen LogP contribution < -0.4 is 0 Å². The fraction of sp³-hybridized carbons (Fsp3) is 0.600. The molecule has 2 heterocycles. The lowest BCUT2D eigenvalue weighted by Gasteiger charge is -2.37. The largest absolute Gasteiger partial charge is 0.477 e.